The molecule has 4 heteroatoms. The first kappa shape index (κ1) is 14.5. The first-order chi connectivity index (χ1) is 9.65. The Kier molecular flexibility index (Phi) is 4.43. The molecule has 2 fully saturated rings. The van der Waals surface area contributed by atoms with Crippen molar-refractivity contribution in [3.63, 3.8) is 0 Å². The highest BCUT2D eigenvalue weighted by Crippen LogP contribution is 2.36. The largest absolute Gasteiger partial charge is 0.314 e. The van der Waals surface area contributed by atoms with Crippen molar-refractivity contribution in [3.05, 3.63) is 34.1 Å². The Bertz CT molecular complexity index is 476. The third kappa shape index (κ3) is 3.23. The van der Waals surface area contributed by atoms with Crippen LogP contribution in [0.1, 0.15) is 37.3 Å². The molecule has 1 N–H and O–H groups in total. The second kappa shape index (κ2) is 6.12. The quantitative estimate of drug-likeness (QED) is 0.898. The van der Waals surface area contributed by atoms with E-state index in [4.69, 9.17) is 0 Å². The number of piperidine rings is 1. The molecular weight excluding hydrogens is 319 g/mol. The second-order valence-electron chi connectivity index (χ2n) is 6.18. The van der Waals surface area contributed by atoms with Crippen LogP contribution in [0, 0.1) is 11.7 Å². The van der Waals surface area contributed by atoms with Gasteiger partial charge in [0.1, 0.15) is 5.82 Å². The van der Waals surface area contributed by atoms with Crippen LogP contribution in [0.2, 0.25) is 0 Å². The van der Waals surface area contributed by atoms with Crippen LogP contribution >= 0.6 is 15.9 Å². The number of hydrogen-bond donors (Lipinski definition) is 1. The predicted molar refractivity (Wildman–Crippen MR) is 83.2 cm³/mol. The van der Waals surface area contributed by atoms with Gasteiger partial charge >= 0.3 is 0 Å². The van der Waals surface area contributed by atoms with Crippen molar-refractivity contribution in [2.24, 2.45) is 5.92 Å². The molecule has 2 atom stereocenters. The van der Waals surface area contributed by atoms with Crippen LogP contribution in [-0.2, 0) is 0 Å². The molecule has 1 saturated carbocycles. The summed E-state index contributed by atoms with van der Waals surface area (Å²) < 4.78 is 14.0. The molecule has 1 saturated heterocycles. The fourth-order valence-corrected chi connectivity index (χ4v) is 3.70. The van der Waals surface area contributed by atoms with E-state index >= 15 is 0 Å². The number of nitrogens with zero attached hydrogens (tertiary/aromatic N) is 1. The van der Waals surface area contributed by atoms with E-state index in [1.807, 2.05) is 12.1 Å². The molecule has 2 aliphatic rings. The Morgan fingerprint density at radius 3 is 2.85 bits per heavy atom. The van der Waals surface area contributed by atoms with Gasteiger partial charge in [0.05, 0.1) is 4.47 Å². The lowest BCUT2D eigenvalue weighted by molar-refractivity contribution is 0.119. The van der Waals surface area contributed by atoms with Crippen LogP contribution in [0.3, 0.4) is 0 Å². The summed E-state index contributed by atoms with van der Waals surface area (Å²) in [6.45, 7) is 2.20. The highest BCUT2D eigenvalue weighted by atomic mass is 79.9. The molecule has 0 amide bonds. The molecule has 1 aliphatic heterocycles. The van der Waals surface area contributed by atoms with Crippen molar-refractivity contribution in [1.82, 2.24) is 10.2 Å². The molecule has 0 bridgehead atoms. The highest BCUT2D eigenvalue weighted by Gasteiger charge is 2.32. The van der Waals surface area contributed by atoms with Gasteiger partial charge in [-0.05, 0) is 78.8 Å². The fourth-order valence-electron chi connectivity index (χ4n) is 3.30. The smallest absolute Gasteiger partial charge is 0.137 e. The molecule has 0 aromatic heterocycles. The van der Waals surface area contributed by atoms with Gasteiger partial charge in [0.25, 0.3) is 0 Å². The molecule has 3 rings (SSSR count). The van der Waals surface area contributed by atoms with E-state index in [-0.39, 0.29) is 5.82 Å². The predicted octanol–water partition coefficient (Wildman–Crippen LogP) is 3.72. The zero-order valence-electron chi connectivity index (χ0n) is 11.9. The minimum Gasteiger partial charge on any atom is -0.314 e. The number of benzene rings is 1. The Morgan fingerprint density at radius 2 is 2.15 bits per heavy atom. The molecule has 2 unspecified atom stereocenters. The maximum Gasteiger partial charge on any atom is 0.137 e. The van der Waals surface area contributed by atoms with Gasteiger partial charge < -0.3 is 5.32 Å². The number of likely N-dealkylation sites (tertiary alicyclic amines) is 1. The molecule has 2 nitrogen and oxygen atoms in total. The molecule has 1 aliphatic carbocycles. The third-order valence-corrected chi connectivity index (χ3v) is 5.15. The third-order valence-electron chi connectivity index (χ3n) is 4.54. The Balaban J connectivity index is 1.78. The summed E-state index contributed by atoms with van der Waals surface area (Å²) in [6.07, 6.45) is 5.17. The zero-order valence-corrected chi connectivity index (χ0v) is 13.5. The molecular formula is C16H22BrFN2. The summed E-state index contributed by atoms with van der Waals surface area (Å²) in [4.78, 5) is 2.42. The molecule has 20 heavy (non-hydrogen) atoms. The summed E-state index contributed by atoms with van der Waals surface area (Å²) in [5, 5.41) is 3.66. The lowest BCUT2D eigenvalue weighted by Gasteiger charge is -2.40. The first-order valence-corrected chi connectivity index (χ1v) is 8.33. The average molecular weight is 341 g/mol. The zero-order chi connectivity index (χ0) is 14.1. The Labute approximate surface area is 128 Å². The van der Waals surface area contributed by atoms with E-state index < -0.39 is 0 Å². The standard InChI is InChI=1S/C16H22BrFN2/c1-20-8-2-3-12(10-19-13-5-6-13)16(20)11-4-7-15(18)14(17)9-11/h4,7,9,12-13,16,19H,2-3,5-6,8,10H2,1H3. The summed E-state index contributed by atoms with van der Waals surface area (Å²) in [6, 6.07) is 6.62. The SMILES string of the molecule is CN1CCCC(CNC2CC2)C1c1ccc(F)c(Br)c1. The van der Waals surface area contributed by atoms with Crippen LogP contribution < -0.4 is 5.32 Å². The van der Waals surface area contributed by atoms with Crippen LogP contribution in [0.5, 0.6) is 0 Å². The van der Waals surface area contributed by atoms with Gasteiger partial charge in [-0.2, -0.15) is 0 Å². The minimum absolute atomic E-state index is 0.181. The van der Waals surface area contributed by atoms with E-state index in [2.05, 4.69) is 33.2 Å². The first-order valence-electron chi connectivity index (χ1n) is 7.53. The molecule has 0 radical (unpaired) electrons. The summed E-state index contributed by atoms with van der Waals surface area (Å²) >= 11 is 3.32. The normalized spacial score (nSPS) is 27.8. The maximum absolute atomic E-state index is 13.4. The Morgan fingerprint density at radius 1 is 1.35 bits per heavy atom. The van der Waals surface area contributed by atoms with Gasteiger partial charge in [-0.25, -0.2) is 4.39 Å². The van der Waals surface area contributed by atoms with Gasteiger partial charge in [0.15, 0.2) is 0 Å². The maximum atomic E-state index is 13.4. The van der Waals surface area contributed by atoms with Crippen molar-refractivity contribution in [2.45, 2.75) is 37.8 Å². The van der Waals surface area contributed by atoms with E-state index in [0.717, 1.165) is 19.1 Å². The number of rotatable bonds is 4. The van der Waals surface area contributed by atoms with Crippen molar-refractivity contribution in [3.8, 4) is 0 Å². The highest BCUT2D eigenvalue weighted by molar-refractivity contribution is 9.10. The lowest BCUT2D eigenvalue weighted by Crippen LogP contribution is -2.41. The molecule has 110 valence electrons. The molecule has 1 aromatic carbocycles. The lowest BCUT2D eigenvalue weighted by atomic mass is 9.85. The minimum atomic E-state index is -0.181. The fraction of sp³-hybridized carbons (Fsp3) is 0.625. The monoisotopic (exact) mass is 340 g/mol. The van der Waals surface area contributed by atoms with Crippen molar-refractivity contribution >= 4 is 15.9 Å². The van der Waals surface area contributed by atoms with Crippen LogP contribution in [0.4, 0.5) is 4.39 Å². The van der Waals surface area contributed by atoms with Crippen molar-refractivity contribution in [2.75, 3.05) is 20.1 Å². The van der Waals surface area contributed by atoms with Crippen molar-refractivity contribution < 1.29 is 4.39 Å². The number of hydrogen-bond acceptors (Lipinski definition) is 2. The average Bonchev–Trinajstić information content (AvgIpc) is 3.24. The molecule has 0 spiro atoms. The molecule has 1 aromatic rings. The molecule has 1 heterocycles. The van der Waals surface area contributed by atoms with Gasteiger partial charge in [0, 0.05) is 18.6 Å². The van der Waals surface area contributed by atoms with Crippen molar-refractivity contribution in [1.29, 1.82) is 0 Å². The summed E-state index contributed by atoms with van der Waals surface area (Å²) in [5.41, 5.74) is 1.23. The van der Waals surface area contributed by atoms with Gasteiger partial charge in [-0.15, -0.1) is 0 Å². The summed E-state index contributed by atoms with van der Waals surface area (Å²) in [5.74, 6) is 0.437. The van der Waals surface area contributed by atoms with Gasteiger partial charge in [-0.3, -0.25) is 4.90 Å². The Hall–Kier alpha value is -0.450. The van der Waals surface area contributed by atoms with Crippen LogP contribution in [-0.4, -0.2) is 31.1 Å². The van der Waals surface area contributed by atoms with Gasteiger partial charge in [0.2, 0.25) is 0 Å². The van der Waals surface area contributed by atoms with Gasteiger partial charge in [-0.1, -0.05) is 6.07 Å². The van der Waals surface area contributed by atoms with E-state index in [1.54, 1.807) is 6.07 Å². The number of halogens is 2. The topological polar surface area (TPSA) is 15.3 Å². The summed E-state index contributed by atoms with van der Waals surface area (Å²) in [7, 11) is 2.19. The second-order valence-corrected chi connectivity index (χ2v) is 7.04. The van der Waals surface area contributed by atoms with Crippen LogP contribution in [0.15, 0.2) is 22.7 Å². The van der Waals surface area contributed by atoms with Crippen LogP contribution in [0.25, 0.3) is 0 Å². The number of nitrogens with one attached hydrogen (secondary N) is 1. The van der Waals surface area contributed by atoms with E-state index in [0.29, 0.717) is 16.4 Å². The van der Waals surface area contributed by atoms with E-state index in [1.165, 1.54) is 31.2 Å². The van der Waals surface area contributed by atoms with E-state index in [9.17, 15) is 4.39 Å².